The quantitative estimate of drug-likeness (QED) is 0.465. The number of ether oxygens (including phenoxy) is 1. The van der Waals surface area contributed by atoms with Crippen LogP contribution < -0.4 is 16.4 Å². The number of carbonyl (C=O) groups is 2. The zero-order valence-corrected chi connectivity index (χ0v) is 16.8. The van der Waals surface area contributed by atoms with Crippen molar-refractivity contribution in [1.82, 2.24) is 5.32 Å². The number of benzene rings is 3. The van der Waals surface area contributed by atoms with Crippen molar-refractivity contribution in [3.63, 3.8) is 0 Å². The maximum Gasteiger partial charge on any atom is 0.407 e. The second-order valence-electron chi connectivity index (χ2n) is 7.11. The highest BCUT2D eigenvalue weighted by Crippen LogP contribution is 2.23. The smallest absolute Gasteiger partial charge is 0.407 e. The first kappa shape index (κ1) is 21.3. The summed E-state index contributed by atoms with van der Waals surface area (Å²) in [5.41, 5.74) is 7.74. The lowest BCUT2D eigenvalue weighted by Gasteiger charge is -2.14. The lowest BCUT2D eigenvalue weighted by molar-refractivity contribution is -0.117. The molecule has 0 saturated carbocycles. The maximum absolute atomic E-state index is 12.4. The molecular formula is C24H27N3O3. The van der Waals surface area contributed by atoms with Gasteiger partial charge in [0.15, 0.2) is 0 Å². The Morgan fingerprint density at radius 1 is 0.900 bits per heavy atom. The van der Waals surface area contributed by atoms with Gasteiger partial charge in [-0.3, -0.25) is 4.79 Å². The third-order valence-electron chi connectivity index (χ3n) is 4.81. The van der Waals surface area contributed by atoms with Crippen LogP contribution in [-0.4, -0.2) is 24.6 Å². The van der Waals surface area contributed by atoms with Crippen molar-refractivity contribution in [2.75, 3.05) is 11.9 Å². The minimum atomic E-state index is -0.603. The second kappa shape index (κ2) is 11.0. The third-order valence-corrected chi connectivity index (χ3v) is 4.81. The average Bonchev–Trinajstić information content (AvgIpc) is 2.78. The van der Waals surface area contributed by atoms with Crippen LogP contribution in [0.5, 0.6) is 0 Å². The summed E-state index contributed by atoms with van der Waals surface area (Å²) in [6.45, 7) is 0.719. The summed E-state index contributed by atoms with van der Waals surface area (Å²) in [7, 11) is 0. The summed E-state index contributed by atoms with van der Waals surface area (Å²) in [6.07, 6.45) is 1.53. The first-order chi connectivity index (χ1) is 14.6. The molecule has 3 aromatic rings. The summed E-state index contributed by atoms with van der Waals surface area (Å²) in [6, 6.07) is 22.6. The predicted octanol–water partition coefficient (Wildman–Crippen LogP) is 4.20. The number of anilines is 1. The monoisotopic (exact) mass is 405 g/mol. The molecule has 6 heteroatoms. The van der Waals surface area contributed by atoms with Crippen LogP contribution in [0.1, 0.15) is 24.8 Å². The van der Waals surface area contributed by atoms with Gasteiger partial charge in [-0.1, -0.05) is 66.7 Å². The molecule has 6 nitrogen and oxygen atoms in total. The number of nitrogens with two attached hydrogens (primary N) is 1. The Hall–Kier alpha value is -3.38. The van der Waals surface area contributed by atoms with E-state index in [4.69, 9.17) is 10.5 Å². The van der Waals surface area contributed by atoms with Crippen LogP contribution in [0.25, 0.3) is 10.8 Å². The van der Waals surface area contributed by atoms with Gasteiger partial charge in [0.05, 0.1) is 6.04 Å². The van der Waals surface area contributed by atoms with E-state index in [1.807, 2.05) is 72.8 Å². The van der Waals surface area contributed by atoms with Crippen LogP contribution in [0.4, 0.5) is 10.5 Å². The average molecular weight is 405 g/mol. The fourth-order valence-corrected chi connectivity index (χ4v) is 3.14. The van der Waals surface area contributed by atoms with E-state index in [2.05, 4.69) is 10.6 Å². The number of rotatable bonds is 9. The Balaban J connectivity index is 1.33. The first-order valence-electron chi connectivity index (χ1n) is 10.1. The van der Waals surface area contributed by atoms with Crippen molar-refractivity contribution >= 4 is 28.5 Å². The largest absolute Gasteiger partial charge is 0.445 e. The predicted molar refractivity (Wildman–Crippen MR) is 119 cm³/mol. The Morgan fingerprint density at radius 2 is 1.63 bits per heavy atom. The highest BCUT2D eigenvalue weighted by Gasteiger charge is 2.14. The van der Waals surface area contributed by atoms with E-state index < -0.39 is 12.1 Å². The van der Waals surface area contributed by atoms with Gasteiger partial charge in [-0.25, -0.2) is 4.79 Å². The van der Waals surface area contributed by atoms with Crippen LogP contribution >= 0.6 is 0 Å². The molecular weight excluding hydrogens is 378 g/mol. The number of nitrogens with one attached hydrogen (secondary N) is 2. The molecule has 0 heterocycles. The van der Waals surface area contributed by atoms with Crippen molar-refractivity contribution in [1.29, 1.82) is 0 Å². The van der Waals surface area contributed by atoms with Gasteiger partial charge in [0.1, 0.15) is 6.61 Å². The Bertz CT molecular complexity index is 970. The summed E-state index contributed by atoms with van der Waals surface area (Å²) in [5, 5.41) is 7.68. The van der Waals surface area contributed by atoms with Crippen LogP contribution in [0.3, 0.4) is 0 Å². The van der Waals surface area contributed by atoms with E-state index in [-0.39, 0.29) is 12.5 Å². The molecule has 3 aromatic carbocycles. The molecule has 0 saturated heterocycles. The minimum Gasteiger partial charge on any atom is -0.445 e. The highest BCUT2D eigenvalue weighted by molar-refractivity contribution is 6.03. The van der Waals surface area contributed by atoms with Gasteiger partial charge >= 0.3 is 6.09 Å². The standard InChI is InChI=1S/C24H27N3O3/c25-21(23(28)27-22-15-8-12-19-11-4-5-13-20(19)22)14-6-7-16-26-24(29)30-17-18-9-2-1-3-10-18/h1-5,8-13,15,21H,6-7,14,16-17,25H2,(H,26,29)(H,27,28)/t21-/m0/s1. The molecule has 0 fully saturated rings. The Kier molecular flexibility index (Phi) is 7.80. The summed E-state index contributed by atoms with van der Waals surface area (Å²) >= 11 is 0. The topological polar surface area (TPSA) is 93.4 Å². The Morgan fingerprint density at radius 3 is 2.47 bits per heavy atom. The molecule has 30 heavy (non-hydrogen) atoms. The molecule has 0 unspecified atom stereocenters. The second-order valence-corrected chi connectivity index (χ2v) is 7.11. The summed E-state index contributed by atoms with van der Waals surface area (Å²) in [4.78, 5) is 24.1. The number of carbonyl (C=O) groups excluding carboxylic acids is 2. The number of hydrogen-bond acceptors (Lipinski definition) is 4. The number of fused-ring (bicyclic) bond motifs is 1. The van der Waals surface area contributed by atoms with E-state index in [9.17, 15) is 9.59 Å². The number of amides is 2. The minimum absolute atomic E-state index is 0.207. The van der Waals surface area contributed by atoms with Crippen molar-refractivity contribution in [3.05, 3.63) is 78.4 Å². The summed E-state index contributed by atoms with van der Waals surface area (Å²) < 4.78 is 5.16. The molecule has 0 radical (unpaired) electrons. The molecule has 0 spiro atoms. The number of unbranched alkanes of at least 4 members (excludes halogenated alkanes) is 1. The number of alkyl carbamates (subject to hydrolysis) is 1. The molecule has 0 aromatic heterocycles. The zero-order chi connectivity index (χ0) is 21.2. The van der Waals surface area contributed by atoms with Gasteiger partial charge < -0.3 is 21.1 Å². The van der Waals surface area contributed by atoms with Gasteiger partial charge in [0.2, 0.25) is 5.91 Å². The maximum atomic E-state index is 12.4. The van der Waals surface area contributed by atoms with E-state index >= 15 is 0 Å². The fraction of sp³-hybridized carbons (Fsp3) is 0.250. The molecule has 2 amide bonds. The zero-order valence-electron chi connectivity index (χ0n) is 16.8. The molecule has 156 valence electrons. The third kappa shape index (κ3) is 6.32. The van der Waals surface area contributed by atoms with Crippen LogP contribution in [0, 0.1) is 0 Å². The van der Waals surface area contributed by atoms with Gasteiger partial charge in [-0.05, 0) is 36.3 Å². The lowest BCUT2D eigenvalue weighted by Crippen LogP contribution is -2.35. The van der Waals surface area contributed by atoms with Crippen molar-refractivity contribution in [2.24, 2.45) is 5.73 Å². The molecule has 0 aliphatic heterocycles. The molecule has 0 aliphatic carbocycles. The molecule has 3 rings (SSSR count). The van der Waals surface area contributed by atoms with Gasteiger partial charge in [-0.15, -0.1) is 0 Å². The molecule has 4 N–H and O–H groups in total. The van der Waals surface area contributed by atoms with Gasteiger partial charge in [-0.2, -0.15) is 0 Å². The highest BCUT2D eigenvalue weighted by atomic mass is 16.5. The van der Waals surface area contributed by atoms with Crippen LogP contribution in [0.15, 0.2) is 72.8 Å². The molecule has 1 atom stereocenters. The lowest BCUT2D eigenvalue weighted by atomic mass is 10.1. The van der Waals surface area contributed by atoms with Gasteiger partial charge in [0, 0.05) is 17.6 Å². The normalized spacial score (nSPS) is 11.6. The van der Waals surface area contributed by atoms with Crippen LogP contribution in [0.2, 0.25) is 0 Å². The first-order valence-corrected chi connectivity index (χ1v) is 10.1. The molecule has 0 aliphatic rings. The van der Waals surface area contributed by atoms with Crippen molar-refractivity contribution in [2.45, 2.75) is 31.9 Å². The summed E-state index contributed by atoms with van der Waals surface area (Å²) in [5.74, 6) is -0.207. The van der Waals surface area contributed by atoms with Gasteiger partial charge in [0.25, 0.3) is 0 Å². The van der Waals surface area contributed by atoms with Crippen LogP contribution in [-0.2, 0) is 16.1 Å². The SMILES string of the molecule is N[C@@H](CCCCNC(=O)OCc1ccccc1)C(=O)Nc1cccc2ccccc12. The van der Waals surface area contributed by atoms with Crippen molar-refractivity contribution in [3.8, 4) is 0 Å². The molecule has 0 bridgehead atoms. The van der Waals surface area contributed by atoms with Crippen molar-refractivity contribution < 1.29 is 14.3 Å². The fourth-order valence-electron chi connectivity index (χ4n) is 3.14. The van der Waals surface area contributed by atoms with E-state index in [0.717, 1.165) is 34.9 Å². The number of hydrogen-bond donors (Lipinski definition) is 3. The Labute approximate surface area is 176 Å². The van der Waals surface area contributed by atoms with E-state index in [0.29, 0.717) is 13.0 Å². The van der Waals surface area contributed by atoms with E-state index in [1.54, 1.807) is 0 Å². The van der Waals surface area contributed by atoms with E-state index in [1.165, 1.54) is 0 Å².